The Morgan fingerprint density at radius 2 is 1.92 bits per heavy atom. The number of thiocarbonyl (C=S) groups is 1. The Morgan fingerprint density at radius 1 is 1.12 bits per heavy atom. The van der Waals surface area contributed by atoms with Crippen LogP contribution in [0.15, 0.2) is 48.7 Å². The molecule has 0 radical (unpaired) electrons. The first kappa shape index (κ1) is 19.1. The molecular formula is C19H25N3O2S. The Labute approximate surface area is 155 Å². The van der Waals surface area contributed by atoms with E-state index < -0.39 is 0 Å². The molecule has 6 heteroatoms. The number of aromatic nitrogens is 1. The standard InChI is InChI=1S/C19H25N3O2S/c1-23-13-5-12-21-19(25)22(15-17-6-3-4-11-20-17)14-16-7-9-18(24-2)10-8-16/h3-4,6-11H,5,12-15H2,1-2H3,(H,21,25). The van der Waals surface area contributed by atoms with Gasteiger partial charge in [0.25, 0.3) is 0 Å². The molecule has 0 atom stereocenters. The Hall–Kier alpha value is -2.18. The molecule has 2 rings (SSSR count). The van der Waals surface area contributed by atoms with Crippen LogP contribution in [0.2, 0.25) is 0 Å². The normalized spacial score (nSPS) is 10.3. The first-order valence-corrected chi connectivity index (χ1v) is 8.68. The van der Waals surface area contributed by atoms with Crippen molar-refractivity contribution >= 4 is 17.3 Å². The van der Waals surface area contributed by atoms with Gasteiger partial charge in [0, 0.05) is 33.0 Å². The van der Waals surface area contributed by atoms with Gasteiger partial charge in [-0.15, -0.1) is 0 Å². The second kappa shape index (κ2) is 10.6. The summed E-state index contributed by atoms with van der Waals surface area (Å²) in [6.07, 6.45) is 2.71. The third-order valence-electron chi connectivity index (χ3n) is 3.70. The van der Waals surface area contributed by atoms with Crippen molar-refractivity contribution in [1.82, 2.24) is 15.2 Å². The largest absolute Gasteiger partial charge is 0.497 e. The van der Waals surface area contributed by atoms with Crippen LogP contribution in [0.5, 0.6) is 5.75 Å². The highest BCUT2D eigenvalue weighted by molar-refractivity contribution is 7.80. The van der Waals surface area contributed by atoms with Crippen molar-refractivity contribution < 1.29 is 9.47 Å². The maximum atomic E-state index is 5.59. The zero-order chi connectivity index (χ0) is 17.9. The van der Waals surface area contributed by atoms with Gasteiger partial charge in [-0.2, -0.15) is 0 Å². The molecule has 0 aliphatic heterocycles. The average Bonchev–Trinajstić information content (AvgIpc) is 2.66. The van der Waals surface area contributed by atoms with E-state index in [4.69, 9.17) is 21.7 Å². The third kappa shape index (κ3) is 6.68. The summed E-state index contributed by atoms with van der Waals surface area (Å²) >= 11 is 5.59. The molecule has 0 amide bonds. The molecule has 0 unspecified atom stereocenters. The van der Waals surface area contributed by atoms with Gasteiger partial charge >= 0.3 is 0 Å². The van der Waals surface area contributed by atoms with Crippen LogP contribution < -0.4 is 10.1 Å². The molecule has 1 aromatic carbocycles. The number of nitrogens with zero attached hydrogens (tertiary/aromatic N) is 2. The summed E-state index contributed by atoms with van der Waals surface area (Å²) < 4.78 is 10.3. The van der Waals surface area contributed by atoms with Crippen LogP contribution in [0.25, 0.3) is 0 Å². The average molecular weight is 359 g/mol. The molecule has 0 saturated heterocycles. The third-order valence-corrected chi connectivity index (χ3v) is 4.10. The number of benzene rings is 1. The number of rotatable bonds is 9. The summed E-state index contributed by atoms with van der Waals surface area (Å²) in [5, 5.41) is 4.03. The lowest BCUT2D eigenvalue weighted by Gasteiger charge is -2.26. The smallest absolute Gasteiger partial charge is 0.169 e. The van der Waals surface area contributed by atoms with Crippen LogP contribution in [-0.2, 0) is 17.8 Å². The van der Waals surface area contributed by atoms with Crippen LogP contribution in [0.3, 0.4) is 0 Å². The number of hydrogen-bond acceptors (Lipinski definition) is 4. The summed E-state index contributed by atoms with van der Waals surface area (Å²) in [6, 6.07) is 13.9. The molecule has 134 valence electrons. The van der Waals surface area contributed by atoms with E-state index in [1.165, 1.54) is 0 Å². The summed E-state index contributed by atoms with van der Waals surface area (Å²) in [6.45, 7) is 2.86. The maximum Gasteiger partial charge on any atom is 0.169 e. The van der Waals surface area contributed by atoms with Crippen molar-refractivity contribution in [2.45, 2.75) is 19.5 Å². The zero-order valence-electron chi connectivity index (χ0n) is 14.8. The molecule has 0 saturated carbocycles. The van der Waals surface area contributed by atoms with E-state index in [-0.39, 0.29) is 0 Å². The van der Waals surface area contributed by atoms with E-state index in [0.29, 0.717) is 19.7 Å². The molecule has 0 bridgehead atoms. The molecule has 1 N–H and O–H groups in total. The van der Waals surface area contributed by atoms with Gasteiger partial charge in [0.05, 0.1) is 19.3 Å². The van der Waals surface area contributed by atoms with Gasteiger partial charge in [0.15, 0.2) is 5.11 Å². The number of pyridine rings is 1. The molecule has 25 heavy (non-hydrogen) atoms. The van der Waals surface area contributed by atoms with Gasteiger partial charge in [-0.3, -0.25) is 4.98 Å². The molecule has 0 fully saturated rings. The summed E-state index contributed by atoms with van der Waals surface area (Å²) in [5.74, 6) is 0.847. The minimum atomic E-state index is 0.656. The lowest BCUT2D eigenvalue weighted by atomic mass is 10.2. The highest BCUT2D eigenvalue weighted by Crippen LogP contribution is 2.14. The van der Waals surface area contributed by atoms with Gasteiger partial charge in [0.1, 0.15) is 5.75 Å². The molecule has 0 aliphatic carbocycles. The quantitative estimate of drug-likeness (QED) is 0.549. The van der Waals surface area contributed by atoms with Crippen molar-refractivity contribution in [3.8, 4) is 5.75 Å². The molecule has 0 spiro atoms. The van der Waals surface area contributed by atoms with Crippen molar-refractivity contribution in [2.24, 2.45) is 0 Å². The summed E-state index contributed by atoms with van der Waals surface area (Å²) in [7, 11) is 3.37. The van der Waals surface area contributed by atoms with Crippen LogP contribution in [0, 0.1) is 0 Å². The van der Waals surface area contributed by atoms with Crippen molar-refractivity contribution in [2.75, 3.05) is 27.4 Å². The van der Waals surface area contributed by atoms with Crippen molar-refractivity contribution in [1.29, 1.82) is 0 Å². The van der Waals surface area contributed by atoms with Crippen molar-refractivity contribution in [3.63, 3.8) is 0 Å². The Kier molecular flexibility index (Phi) is 8.15. The Balaban J connectivity index is 2.03. The first-order chi connectivity index (χ1) is 12.2. The van der Waals surface area contributed by atoms with E-state index >= 15 is 0 Å². The molecule has 5 nitrogen and oxygen atoms in total. The second-order valence-electron chi connectivity index (χ2n) is 5.60. The number of methoxy groups -OCH3 is 2. The van der Waals surface area contributed by atoms with E-state index in [1.54, 1.807) is 20.4 Å². The number of nitrogens with one attached hydrogen (secondary N) is 1. The molecule has 0 aliphatic rings. The Bertz CT molecular complexity index is 635. The predicted molar refractivity (Wildman–Crippen MR) is 104 cm³/mol. The van der Waals surface area contributed by atoms with Crippen LogP contribution in [0.1, 0.15) is 17.7 Å². The first-order valence-electron chi connectivity index (χ1n) is 8.27. The SMILES string of the molecule is COCCCNC(=S)N(Cc1ccc(OC)cc1)Cc1ccccn1. The van der Waals surface area contributed by atoms with Gasteiger partial charge in [-0.05, 0) is 48.5 Å². The van der Waals surface area contributed by atoms with Gasteiger partial charge < -0.3 is 19.7 Å². The molecular weight excluding hydrogens is 334 g/mol. The minimum Gasteiger partial charge on any atom is -0.497 e. The fraction of sp³-hybridized carbons (Fsp3) is 0.368. The maximum absolute atomic E-state index is 5.59. The summed E-state index contributed by atoms with van der Waals surface area (Å²) in [4.78, 5) is 6.53. The molecule has 2 aromatic rings. The van der Waals surface area contributed by atoms with Crippen LogP contribution in [0.4, 0.5) is 0 Å². The Morgan fingerprint density at radius 3 is 2.56 bits per heavy atom. The van der Waals surface area contributed by atoms with E-state index in [1.807, 2.05) is 30.3 Å². The predicted octanol–water partition coefficient (Wildman–Crippen LogP) is 3.00. The molecule has 1 heterocycles. The number of hydrogen-bond donors (Lipinski definition) is 1. The summed E-state index contributed by atoms with van der Waals surface area (Å²) in [5.41, 5.74) is 2.15. The lowest BCUT2D eigenvalue weighted by molar-refractivity contribution is 0.195. The zero-order valence-corrected chi connectivity index (χ0v) is 15.6. The highest BCUT2D eigenvalue weighted by atomic mass is 32.1. The second-order valence-corrected chi connectivity index (χ2v) is 5.99. The topological polar surface area (TPSA) is 46.6 Å². The van der Waals surface area contributed by atoms with E-state index in [0.717, 1.165) is 35.1 Å². The van der Waals surface area contributed by atoms with Crippen molar-refractivity contribution in [3.05, 3.63) is 59.9 Å². The monoisotopic (exact) mass is 359 g/mol. The van der Waals surface area contributed by atoms with Gasteiger partial charge in [-0.25, -0.2) is 0 Å². The van der Waals surface area contributed by atoms with Gasteiger partial charge in [-0.1, -0.05) is 18.2 Å². The highest BCUT2D eigenvalue weighted by Gasteiger charge is 2.12. The molecule has 1 aromatic heterocycles. The van der Waals surface area contributed by atoms with Crippen LogP contribution >= 0.6 is 12.2 Å². The minimum absolute atomic E-state index is 0.656. The van der Waals surface area contributed by atoms with Gasteiger partial charge in [0.2, 0.25) is 0 Å². The lowest BCUT2D eigenvalue weighted by Crippen LogP contribution is -2.39. The van der Waals surface area contributed by atoms with E-state index in [9.17, 15) is 0 Å². The van der Waals surface area contributed by atoms with E-state index in [2.05, 4.69) is 27.3 Å². The number of ether oxygens (including phenoxy) is 2. The fourth-order valence-corrected chi connectivity index (χ4v) is 2.59. The fourth-order valence-electron chi connectivity index (χ4n) is 2.36. The van der Waals surface area contributed by atoms with Crippen LogP contribution in [-0.4, -0.2) is 42.4 Å².